The minimum atomic E-state index is -0.345. The third-order valence-electron chi connectivity index (χ3n) is 8.95. The Labute approximate surface area is 150 Å². The second-order valence-corrected chi connectivity index (χ2v) is 9.67. The third kappa shape index (κ3) is 2.48. The van der Waals surface area contributed by atoms with E-state index in [0.29, 0.717) is 23.7 Å². The molecule has 0 spiro atoms. The Hall–Kier alpha value is -0.680. The van der Waals surface area contributed by atoms with Crippen LogP contribution in [0.3, 0.4) is 0 Å². The topological polar surface area (TPSA) is 72.6 Å². The van der Waals surface area contributed by atoms with E-state index in [2.05, 4.69) is 6.92 Å². The first-order chi connectivity index (χ1) is 11.9. The molecule has 8 atom stereocenters. The summed E-state index contributed by atoms with van der Waals surface area (Å²) < 4.78 is 5.73. The first kappa shape index (κ1) is 17.7. The largest absolute Gasteiger partial charge is 0.393 e. The van der Waals surface area contributed by atoms with Crippen LogP contribution in [-0.4, -0.2) is 35.9 Å². The van der Waals surface area contributed by atoms with Gasteiger partial charge in [-0.15, -0.1) is 0 Å². The Morgan fingerprint density at radius 3 is 2.64 bits per heavy atom. The molecule has 0 bridgehead atoms. The molecule has 5 nitrogen and oxygen atoms in total. The van der Waals surface area contributed by atoms with Gasteiger partial charge in [-0.2, -0.15) is 0 Å². The lowest BCUT2D eigenvalue weighted by Gasteiger charge is -2.61. The molecule has 0 aromatic carbocycles. The van der Waals surface area contributed by atoms with Crippen LogP contribution < -0.4 is 0 Å². The number of hydrogen-bond acceptors (Lipinski definition) is 4. The van der Waals surface area contributed by atoms with Crippen molar-refractivity contribution in [2.75, 3.05) is 13.7 Å². The minimum absolute atomic E-state index is 0.00778. The number of hydrogen-bond donors (Lipinski definition) is 1. The summed E-state index contributed by atoms with van der Waals surface area (Å²) in [6.07, 6.45) is 8.98. The summed E-state index contributed by atoms with van der Waals surface area (Å²) in [5, 5.41) is 21.8. The van der Waals surface area contributed by atoms with E-state index in [4.69, 9.17) is 4.74 Å². The average molecular weight is 351 g/mol. The second kappa shape index (κ2) is 6.19. The lowest BCUT2D eigenvalue weighted by molar-refractivity contribution is -0.540. The maximum absolute atomic E-state index is 11.6. The maximum atomic E-state index is 11.6. The van der Waals surface area contributed by atoms with E-state index in [9.17, 15) is 15.2 Å². The van der Waals surface area contributed by atoms with E-state index < -0.39 is 0 Å². The van der Waals surface area contributed by atoms with Gasteiger partial charge in [0.05, 0.1) is 12.7 Å². The molecule has 0 aromatic rings. The standard InChI is InChI=1S/C20H33NO4/c1-19-9-8-17-15(16(19)5-6-18(19)21(23)24)4-3-13-11-14(22)7-10-20(13,17)12-25-2/h13-18,22H,3-12H2,1-2H3/t13?,14?,15-,16-,17+,18?,19-,20+/m0/s1. The highest BCUT2D eigenvalue weighted by molar-refractivity contribution is 5.10. The summed E-state index contributed by atoms with van der Waals surface area (Å²) in [5.74, 6) is 2.31. The van der Waals surface area contributed by atoms with Crippen molar-refractivity contribution in [2.45, 2.75) is 76.9 Å². The molecule has 0 heterocycles. The van der Waals surface area contributed by atoms with E-state index in [-0.39, 0.29) is 27.9 Å². The van der Waals surface area contributed by atoms with Gasteiger partial charge in [0.25, 0.3) is 0 Å². The Morgan fingerprint density at radius 1 is 1.12 bits per heavy atom. The van der Waals surface area contributed by atoms with Crippen LogP contribution in [0, 0.1) is 44.6 Å². The number of aliphatic hydroxyl groups is 1. The molecular weight excluding hydrogens is 318 g/mol. The smallest absolute Gasteiger partial charge is 0.218 e. The molecule has 5 heteroatoms. The van der Waals surface area contributed by atoms with Crippen molar-refractivity contribution in [1.29, 1.82) is 0 Å². The van der Waals surface area contributed by atoms with Crippen molar-refractivity contribution in [3.05, 3.63) is 10.1 Å². The lowest BCUT2D eigenvalue weighted by atomic mass is 9.44. The van der Waals surface area contributed by atoms with Gasteiger partial charge in [0.1, 0.15) is 0 Å². The highest BCUT2D eigenvalue weighted by Gasteiger charge is 2.64. The Kier molecular flexibility index (Phi) is 4.39. The molecule has 0 saturated heterocycles. The highest BCUT2D eigenvalue weighted by Crippen LogP contribution is 2.66. The average Bonchev–Trinajstić information content (AvgIpc) is 2.93. The lowest BCUT2D eigenvalue weighted by Crippen LogP contribution is -2.57. The first-order valence-corrected chi connectivity index (χ1v) is 10.2. The maximum Gasteiger partial charge on any atom is 0.218 e. The van der Waals surface area contributed by atoms with Crippen LogP contribution in [0.25, 0.3) is 0 Å². The minimum Gasteiger partial charge on any atom is -0.393 e. The summed E-state index contributed by atoms with van der Waals surface area (Å²) in [6, 6.07) is -0.345. The molecule has 4 saturated carbocycles. The number of ether oxygens (including phenoxy) is 1. The van der Waals surface area contributed by atoms with Gasteiger partial charge < -0.3 is 9.84 Å². The summed E-state index contributed by atoms with van der Waals surface area (Å²) in [7, 11) is 1.81. The second-order valence-electron chi connectivity index (χ2n) is 9.67. The number of methoxy groups -OCH3 is 1. The summed E-state index contributed by atoms with van der Waals surface area (Å²) in [5.41, 5.74) is 0.0882. The fraction of sp³-hybridized carbons (Fsp3) is 1.00. The van der Waals surface area contributed by atoms with Gasteiger partial charge in [-0.1, -0.05) is 6.92 Å². The van der Waals surface area contributed by atoms with Crippen LogP contribution in [-0.2, 0) is 4.74 Å². The summed E-state index contributed by atoms with van der Waals surface area (Å²) >= 11 is 0. The number of aliphatic hydroxyl groups excluding tert-OH is 1. The summed E-state index contributed by atoms with van der Waals surface area (Å²) in [4.78, 5) is 11.6. The SMILES string of the molecule is COC[C@]12CCC(O)CC1CC[C@@H]1[C@H]2CC[C@]2(C)C([N+](=O)[O-])CC[C@@H]12. The zero-order valence-electron chi connectivity index (χ0n) is 15.7. The van der Waals surface area contributed by atoms with E-state index in [1.165, 1.54) is 6.42 Å². The van der Waals surface area contributed by atoms with Crippen LogP contribution in [0.5, 0.6) is 0 Å². The predicted octanol–water partition coefficient (Wildman–Crippen LogP) is 3.66. The molecule has 4 aliphatic rings. The molecule has 3 unspecified atom stereocenters. The molecular formula is C20H33NO4. The van der Waals surface area contributed by atoms with Crippen molar-refractivity contribution >= 4 is 0 Å². The van der Waals surface area contributed by atoms with Gasteiger partial charge in [-0.3, -0.25) is 10.1 Å². The van der Waals surface area contributed by atoms with Gasteiger partial charge in [0.15, 0.2) is 0 Å². The molecule has 4 fully saturated rings. The fourth-order valence-corrected chi connectivity index (χ4v) is 7.90. The molecule has 4 aliphatic carbocycles. The molecule has 4 rings (SSSR count). The summed E-state index contributed by atoms with van der Waals surface area (Å²) in [6.45, 7) is 3.00. The van der Waals surface area contributed by atoms with Crippen molar-refractivity contribution in [2.24, 2.45) is 34.5 Å². The highest BCUT2D eigenvalue weighted by atomic mass is 16.6. The monoisotopic (exact) mass is 351 g/mol. The normalized spacial score (nSPS) is 52.1. The predicted molar refractivity (Wildman–Crippen MR) is 94.7 cm³/mol. The van der Waals surface area contributed by atoms with Crippen molar-refractivity contribution < 1.29 is 14.8 Å². The van der Waals surface area contributed by atoms with Gasteiger partial charge in [-0.05, 0) is 80.5 Å². The number of fused-ring (bicyclic) bond motifs is 5. The first-order valence-electron chi connectivity index (χ1n) is 10.2. The molecule has 0 amide bonds. The molecule has 1 N–H and O–H groups in total. The van der Waals surface area contributed by atoms with Crippen LogP contribution >= 0.6 is 0 Å². The molecule has 0 aliphatic heterocycles. The fourth-order valence-electron chi connectivity index (χ4n) is 7.90. The number of nitrogens with zero attached hydrogens (tertiary/aromatic N) is 1. The van der Waals surface area contributed by atoms with Crippen LogP contribution in [0.1, 0.15) is 64.7 Å². The van der Waals surface area contributed by atoms with Gasteiger partial charge in [-0.25, -0.2) is 0 Å². The molecule has 25 heavy (non-hydrogen) atoms. The van der Waals surface area contributed by atoms with E-state index in [1.54, 1.807) is 0 Å². The van der Waals surface area contributed by atoms with E-state index >= 15 is 0 Å². The molecule has 0 radical (unpaired) electrons. The van der Waals surface area contributed by atoms with Crippen molar-refractivity contribution in [3.63, 3.8) is 0 Å². The van der Waals surface area contributed by atoms with Gasteiger partial charge in [0.2, 0.25) is 6.04 Å². The molecule has 0 aromatic heterocycles. The zero-order valence-corrected chi connectivity index (χ0v) is 15.7. The Morgan fingerprint density at radius 2 is 1.92 bits per heavy atom. The Balaban J connectivity index is 1.64. The van der Waals surface area contributed by atoms with Crippen molar-refractivity contribution in [1.82, 2.24) is 0 Å². The Bertz CT molecular complexity index is 540. The van der Waals surface area contributed by atoms with Crippen molar-refractivity contribution in [3.8, 4) is 0 Å². The number of rotatable bonds is 3. The van der Waals surface area contributed by atoms with E-state index in [0.717, 1.165) is 58.0 Å². The zero-order chi connectivity index (χ0) is 17.8. The van der Waals surface area contributed by atoms with Gasteiger partial charge in [0, 0.05) is 23.9 Å². The quantitative estimate of drug-likeness (QED) is 0.622. The molecule has 142 valence electrons. The third-order valence-corrected chi connectivity index (χ3v) is 8.95. The van der Waals surface area contributed by atoms with Crippen LogP contribution in [0.15, 0.2) is 0 Å². The number of nitro groups is 1. The van der Waals surface area contributed by atoms with Crippen LogP contribution in [0.2, 0.25) is 0 Å². The van der Waals surface area contributed by atoms with E-state index in [1.807, 2.05) is 7.11 Å². The van der Waals surface area contributed by atoms with Crippen LogP contribution in [0.4, 0.5) is 0 Å². The van der Waals surface area contributed by atoms with Gasteiger partial charge >= 0.3 is 0 Å².